The molecular formula is C65H49N9O. The van der Waals surface area contributed by atoms with Crippen molar-refractivity contribution in [1.82, 2.24) is 4.98 Å². The normalized spacial score (nSPS) is 13.9. The molecular weight excluding hydrogens is 923 g/mol. The number of oxazole rings is 1. The summed E-state index contributed by atoms with van der Waals surface area (Å²) in [6.07, 6.45) is 0. The van der Waals surface area contributed by atoms with Crippen molar-refractivity contribution in [2.75, 3.05) is 67.4 Å². The third-order valence-electron chi connectivity index (χ3n) is 15.5. The van der Waals surface area contributed by atoms with Gasteiger partial charge in [-0.3, -0.25) is 0 Å². The Labute approximate surface area is 435 Å². The van der Waals surface area contributed by atoms with Gasteiger partial charge in [0.2, 0.25) is 5.89 Å². The van der Waals surface area contributed by atoms with Gasteiger partial charge in [0.1, 0.15) is 5.52 Å². The molecule has 0 atom stereocenters. The smallest absolute Gasteiger partial charge is 0.231 e. The molecule has 0 saturated carbocycles. The van der Waals surface area contributed by atoms with Crippen LogP contribution in [0.5, 0.6) is 0 Å². The minimum Gasteiger partial charge on any atom is -0.436 e. The molecule has 75 heavy (non-hydrogen) atoms. The summed E-state index contributed by atoms with van der Waals surface area (Å²) < 4.78 is 7.37. The molecule has 4 aliphatic heterocycles. The lowest BCUT2D eigenvalue weighted by molar-refractivity contribution is 0.620. The highest BCUT2D eigenvalue weighted by Gasteiger charge is 2.43. The molecule has 0 saturated heterocycles. The zero-order valence-corrected chi connectivity index (χ0v) is 41.8. The maximum absolute atomic E-state index is 7.37. The first kappa shape index (κ1) is 42.7. The maximum atomic E-state index is 7.37. The summed E-state index contributed by atoms with van der Waals surface area (Å²) in [5.41, 5.74) is 22.7. The van der Waals surface area contributed by atoms with Crippen LogP contribution in [0.2, 0.25) is 0 Å². The number of nitrogens with zero attached hydrogens (tertiary/aromatic N) is 9. The zero-order chi connectivity index (χ0) is 50.1. The summed E-state index contributed by atoms with van der Waals surface area (Å²) >= 11 is 0. The number of rotatable bonds is 5. The van der Waals surface area contributed by atoms with Crippen molar-refractivity contribution < 1.29 is 4.42 Å². The van der Waals surface area contributed by atoms with Crippen LogP contribution in [0.1, 0.15) is 0 Å². The standard InChI is InChI=1S/C65H49N9O/c1-67-43-24-6-14-32-51(43)71(52-33-15-7-25-44(52)67)59-41-60(72-53-34-16-8-26-45(53)68(2)46-27-9-17-35-54(46)72)64(74-57-38-20-12-30-49(57)70(4)50-31-13-21-39-58(50)74)62(65-66-42-23-5-22-40-61(42)75-65)63(59)73-55-36-18-10-28-47(55)69(3)48-29-11-19-37-56(48)73/h5-41H,1-4H3. The summed E-state index contributed by atoms with van der Waals surface area (Å²) in [6, 6.07) is 80.6. The summed E-state index contributed by atoms with van der Waals surface area (Å²) in [4.78, 5) is 24.8. The average Bonchev–Trinajstić information content (AvgIpc) is 3.91. The highest BCUT2D eigenvalue weighted by Crippen LogP contribution is 2.67. The molecule has 0 aliphatic carbocycles. The van der Waals surface area contributed by atoms with Crippen molar-refractivity contribution in [3.63, 3.8) is 0 Å². The van der Waals surface area contributed by atoms with Gasteiger partial charge in [-0.2, -0.15) is 0 Å². The molecule has 10 aromatic carbocycles. The zero-order valence-electron chi connectivity index (χ0n) is 41.8. The molecule has 0 fully saturated rings. The largest absolute Gasteiger partial charge is 0.436 e. The van der Waals surface area contributed by atoms with Crippen LogP contribution in [0, 0.1) is 0 Å². The van der Waals surface area contributed by atoms with E-state index in [1.165, 1.54) is 0 Å². The lowest BCUT2D eigenvalue weighted by Crippen LogP contribution is -2.31. The van der Waals surface area contributed by atoms with Crippen LogP contribution in [-0.2, 0) is 0 Å². The van der Waals surface area contributed by atoms with Gasteiger partial charge < -0.3 is 43.6 Å². The minimum atomic E-state index is 0.485. The topological polar surface area (TPSA) is 52.0 Å². The molecule has 15 rings (SSSR count). The Hall–Kier alpha value is -9.93. The Bertz CT molecular complexity index is 3680. The Kier molecular flexibility index (Phi) is 9.28. The third kappa shape index (κ3) is 6.11. The first-order chi connectivity index (χ1) is 36.9. The number of anilines is 20. The monoisotopic (exact) mass is 971 g/mol. The fourth-order valence-electron chi connectivity index (χ4n) is 12.1. The number of fused-ring (bicyclic) bond motifs is 9. The summed E-state index contributed by atoms with van der Waals surface area (Å²) in [7, 11) is 8.67. The van der Waals surface area contributed by atoms with E-state index >= 15 is 0 Å². The Morgan fingerprint density at radius 1 is 0.267 bits per heavy atom. The predicted molar refractivity (Wildman–Crippen MR) is 310 cm³/mol. The van der Waals surface area contributed by atoms with E-state index in [0.29, 0.717) is 11.5 Å². The first-order valence-corrected chi connectivity index (χ1v) is 25.4. The third-order valence-corrected chi connectivity index (χ3v) is 15.5. The van der Waals surface area contributed by atoms with Crippen LogP contribution in [0.15, 0.2) is 229 Å². The molecule has 5 heterocycles. The van der Waals surface area contributed by atoms with E-state index in [2.05, 4.69) is 268 Å². The molecule has 10 nitrogen and oxygen atoms in total. The highest BCUT2D eigenvalue weighted by atomic mass is 16.3. The fraction of sp³-hybridized carbons (Fsp3) is 0.0615. The van der Waals surface area contributed by atoms with E-state index in [0.717, 1.165) is 125 Å². The molecule has 0 N–H and O–H groups in total. The molecule has 1 aromatic heterocycles. The van der Waals surface area contributed by atoms with E-state index in [1.54, 1.807) is 0 Å². The Balaban J connectivity index is 1.22. The van der Waals surface area contributed by atoms with Gasteiger partial charge in [0.15, 0.2) is 5.58 Å². The van der Waals surface area contributed by atoms with Crippen molar-refractivity contribution in [2.45, 2.75) is 0 Å². The number of benzene rings is 10. The van der Waals surface area contributed by atoms with E-state index in [-0.39, 0.29) is 0 Å². The van der Waals surface area contributed by atoms with E-state index < -0.39 is 0 Å². The van der Waals surface area contributed by atoms with Crippen molar-refractivity contribution in [3.8, 4) is 11.5 Å². The van der Waals surface area contributed by atoms with Gasteiger partial charge in [-0.25, -0.2) is 4.98 Å². The molecule has 0 bridgehead atoms. The highest BCUT2D eigenvalue weighted by molar-refractivity contribution is 6.17. The lowest BCUT2D eigenvalue weighted by Gasteiger charge is -2.46. The van der Waals surface area contributed by atoms with Gasteiger partial charge >= 0.3 is 0 Å². The Morgan fingerprint density at radius 2 is 0.507 bits per heavy atom. The number of hydrogen-bond donors (Lipinski definition) is 0. The van der Waals surface area contributed by atoms with Crippen molar-refractivity contribution in [1.29, 1.82) is 0 Å². The second-order valence-corrected chi connectivity index (χ2v) is 19.5. The van der Waals surface area contributed by atoms with Gasteiger partial charge in [-0.05, 0) is 115 Å². The molecule has 0 radical (unpaired) electrons. The van der Waals surface area contributed by atoms with Crippen LogP contribution in [-0.4, -0.2) is 33.2 Å². The Morgan fingerprint density at radius 3 is 0.787 bits per heavy atom. The van der Waals surface area contributed by atoms with Gasteiger partial charge in [0.25, 0.3) is 0 Å². The molecule has 0 spiro atoms. The average molecular weight is 972 g/mol. The fourth-order valence-corrected chi connectivity index (χ4v) is 12.1. The molecule has 0 amide bonds. The second kappa shape index (κ2) is 16.3. The molecule has 4 aliphatic rings. The molecule has 360 valence electrons. The summed E-state index contributed by atoms with van der Waals surface area (Å²) in [6.45, 7) is 0. The van der Waals surface area contributed by atoms with Crippen LogP contribution >= 0.6 is 0 Å². The molecule has 0 unspecified atom stereocenters. The number of hydrogen-bond acceptors (Lipinski definition) is 10. The first-order valence-electron chi connectivity index (χ1n) is 25.4. The van der Waals surface area contributed by atoms with E-state index in [4.69, 9.17) is 9.40 Å². The lowest BCUT2D eigenvalue weighted by atomic mass is 9.94. The van der Waals surface area contributed by atoms with Crippen molar-refractivity contribution >= 4 is 125 Å². The van der Waals surface area contributed by atoms with Gasteiger partial charge in [-0.15, -0.1) is 0 Å². The quantitative estimate of drug-likeness (QED) is 0.167. The van der Waals surface area contributed by atoms with Gasteiger partial charge in [0, 0.05) is 28.2 Å². The van der Waals surface area contributed by atoms with Gasteiger partial charge in [-0.1, -0.05) is 109 Å². The van der Waals surface area contributed by atoms with Crippen LogP contribution in [0.25, 0.3) is 22.6 Å². The van der Waals surface area contributed by atoms with Crippen molar-refractivity contribution in [2.24, 2.45) is 0 Å². The summed E-state index contributed by atoms with van der Waals surface area (Å²) in [5, 5.41) is 0. The van der Waals surface area contributed by atoms with Crippen LogP contribution in [0.3, 0.4) is 0 Å². The van der Waals surface area contributed by atoms with Gasteiger partial charge in [0.05, 0.1) is 119 Å². The maximum Gasteiger partial charge on any atom is 0.231 e. The SMILES string of the molecule is CN1c2ccccc2N(c2cc(N3c4ccccc4N(C)c4ccccc43)c(N3c4ccccc4N(C)c4ccccc43)c(-c3nc4ccccc4o3)c2N2c3ccccc3N(C)c3ccccc32)c2ccccc21. The predicted octanol–water partition coefficient (Wildman–Crippen LogP) is 17.7. The number of aromatic nitrogens is 1. The molecule has 10 heteroatoms. The van der Waals surface area contributed by atoms with E-state index in [9.17, 15) is 0 Å². The van der Waals surface area contributed by atoms with Crippen LogP contribution < -0.4 is 39.2 Å². The van der Waals surface area contributed by atoms with Crippen molar-refractivity contribution in [3.05, 3.63) is 224 Å². The summed E-state index contributed by atoms with van der Waals surface area (Å²) in [5.74, 6) is 0.485. The number of para-hydroxylation sites is 18. The molecule has 11 aromatic rings. The van der Waals surface area contributed by atoms with Crippen LogP contribution in [0.4, 0.5) is 114 Å². The minimum absolute atomic E-state index is 0.485. The second-order valence-electron chi connectivity index (χ2n) is 19.5. The van der Waals surface area contributed by atoms with E-state index in [1.807, 2.05) is 24.3 Å².